The lowest BCUT2D eigenvalue weighted by Crippen LogP contribution is -2.33. The van der Waals surface area contributed by atoms with E-state index in [0.717, 1.165) is 24.3 Å². The highest BCUT2D eigenvalue weighted by Crippen LogP contribution is 2.21. The largest absolute Gasteiger partial charge is 0.364 e. The highest BCUT2D eigenvalue weighted by atomic mass is 32.2. The molecule has 3 atom stereocenters. The predicted octanol–water partition coefficient (Wildman–Crippen LogP) is 0.190. The van der Waals surface area contributed by atoms with Gasteiger partial charge in [0.15, 0.2) is 12.6 Å². The molecule has 3 unspecified atom stereocenters. The lowest BCUT2D eigenvalue weighted by Gasteiger charge is -2.24. The third-order valence-electron chi connectivity index (χ3n) is 5.76. The Labute approximate surface area is 226 Å². The highest BCUT2D eigenvalue weighted by Gasteiger charge is 2.39. The molecule has 39 heavy (non-hydrogen) atoms. The second kappa shape index (κ2) is 13.1. The Balaban J connectivity index is 1.54. The Morgan fingerprint density at radius 3 is 1.64 bits per heavy atom. The average molecular weight is 611 g/mol. The van der Waals surface area contributed by atoms with Gasteiger partial charge >= 0.3 is 0 Å². The predicted molar refractivity (Wildman–Crippen MR) is 136 cm³/mol. The van der Waals surface area contributed by atoms with E-state index in [1.807, 2.05) is 4.90 Å². The molecule has 3 rings (SSSR count). The van der Waals surface area contributed by atoms with Crippen LogP contribution in [0.15, 0.2) is 58.3 Å². The van der Waals surface area contributed by atoms with Gasteiger partial charge in [-0.1, -0.05) is 24.3 Å². The fraction of sp³-hybridized carbons (Fsp3) is 0.455. The summed E-state index contributed by atoms with van der Waals surface area (Å²) in [6.07, 6.45) is -2.48. The first kappa shape index (κ1) is 31.5. The molecule has 2 aromatic rings. The van der Waals surface area contributed by atoms with Gasteiger partial charge in [0.05, 0.1) is 23.0 Å². The maximum Gasteiger partial charge on any atom is 0.294 e. The zero-order chi connectivity index (χ0) is 28.8. The minimum Gasteiger partial charge on any atom is -0.364 e. The van der Waals surface area contributed by atoms with Crippen LogP contribution in [0.4, 0.5) is 0 Å². The summed E-state index contributed by atoms with van der Waals surface area (Å²) in [5, 5.41) is 20.6. The second-order valence-corrected chi connectivity index (χ2v) is 13.4. The molecule has 0 aromatic heterocycles. The third-order valence-corrected chi connectivity index (χ3v) is 8.90. The van der Waals surface area contributed by atoms with Crippen LogP contribution in [0.1, 0.15) is 30.1 Å². The van der Waals surface area contributed by atoms with Gasteiger partial charge in [-0.15, -0.1) is 0 Å². The molecule has 1 heterocycles. The van der Waals surface area contributed by atoms with Crippen molar-refractivity contribution in [1.82, 2.24) is 9.21 Å². The molecule has 1 aliphatic rings. The molecular weight excluding hydrogens is 580 g/mol. The van der Waals surface area contributed by atoms with Crippen LogP contribution >= 0.6 is 0 Å². The molecule has 0 radical (unpaired) electrons. The van der Waals surface area contributed by atoms with Crippen molar-refractivity contribution in [2.45, 2.75) is 28.8 Å². The number of aliphatic hydroxyl groups excluding tert-OH is 2. The maximum absolute atomic E-state index is 11.4. The molecule has 0 amide bonds. The topological polar surface area (TPSA) is 208 Å². The molecule has 1 saturated heterocycles. The van der Waals surface area contributed by atoms with Crippen LogP contribution in [-0.2, 0) is 39.7 Å². The maximum atomic E-state index is 11.4. The van der Waals surface area contributed by atoms with Crippen molar-refractivity contribution in [3.63, 3.8) is 0 Å². The minimum atomic E-state index is -4.46. The SMILES string of the molecule is O=S(=O)(O)c1cccc(C(O)OCCN(CCCN2CS2(=O)=O)CCOC(O)c2cccc(S(=O)(=O)O)c2)c1. The van der Waals surface area contributed by atoms with E-state index in [4.69, 9.17) is 9.47 Å². The second-order valence-electron chi connectivity index (χ2n) is 8.65. The summed E-state index contributed by atoms with van der Waals surface area (Å²) in [6, 6.07) is 10.0. The third kappa shape index (κ3) is 9.83. The number of nitrogens with zero attached hydrogens (tertiary/aromatic N) is 2. The normalized spacial score (nSPS) is 18.6. The van der Waals surface area contributed by atoms with E-state index in [0.29, 0.717) is 19.5 Å². The number of hydrogen-bond acceptors (Lipinski definition) is 11. The van der Waals surface area contributed by atoms with E-state index in [2.05, 4.69) is 0 Å². The van der Waals surface area contributed by atoms with Crippen molar-refractivity contribution in [3.8, 4) is 0 Å². The van der Waals surface area contributed by atoms with Crippen LogP contribution in [0, 0.1) is 0 Å². The Bertz CT molecular complexity index is 1360. The molecule has 1 fully saturated rings. The Morgan fingerprint density at radius 2 is 1.26 bits per heavy atom. The summed E-state index contributed by atoms with van der Waals surface area (Å²) in [7, 11) is -12.0. The number of ether oxygens (including phenoxy) is 2. The van der Waals surface area contributed by atoms with Crippen LogP contribution < -0.4 is 0 Å². The molecule has 1 aliphatic heterocycles. The quantitative estimate of drug-likeness (QED) is 0.114. The van der Waals surface area contributed by atoms with E-state index in [9.17, 15) is 44.6 Å². The van der Waals surface area contributed by atoms with Crippen LogP contribution in [0.25, 0.3) is 0 Å². The van der Waals surface area contributed by atoms with Crippen molar-refractivity contribution in [2.24, 2.45) is 0 Å². The molecule has 0 spiro atoms. The lowest BCUT2D eigenvalue weighted by atomic mass is 10.2. The van der Waals surface area contributed by atoms with Gasteiger partial charge in [-0.3, -0.25) is 14.0 Å². The van der Waals surface area contributed by atoms with Crippen molar-refractivity contribution in [1.29, 1.82) is 0 Å². The van der Waals surface area contributed by atoms with E-state index < -0.39 is 52.6 Å². The van der Waals surface area contributed by atoms with Crippen LogP contribution in [-0.4, -0.2) is 99.0 Å². The van der Waals surface area contributed by atoms with Gasteiger partial charge in [-0.25, -0.2) is 8.42 Å². The van der Waals surface area contributed by atoms with Crippen LogP contribution in [0.2, 0.25) is 0 Å². The fourth-order valence-electron chi connectivity index (χ4n) is 3.60. The summed E-state index contributed by atoms with van der Waals surface area (Å²) in [5.74, 6) is 0.00283. The number of aliphatic hydroxyl groups is 2. The average Bonchev–Trinajstić information content (AvgIpc) is 3.48. The Kier molecular flexibility index (Phi) is 10.6. The molecular formula is C22H30N2O12S3. The molecule has 2 aromatic carbocycles. The number of rotatable bonds is 16. The van der Waals surface area contributed by atoms with E-state index in [1.165, 1.54) is 28.6 Å². The fourth-order valence-corrected chi connectivity index (χ4v) is 5.79. The van der Waals surface area contributed by atoms with Crippen molar-refractivity contribution >= 4 is 30.3 Å². The first-order valence-corrected chi connectivity index (χ1v) is 16.1. The standard InChI is InChI=1S/C22H30N2O12S3/c25-21(17-4-1-6-19(14-17)38(29,30)31)35-12-10-23(8-3-9-24-16-37(24,27)28)11-13-36-22(26)18-5-2-7-20(15-18)39(32,33)34/h1-2,4-7,14-15,21-22,25-26H,3,8-13,16H2,(H,29,30,31)(H,32,33,34). The summed E-state index contributed by atoms with van der Waals surface area (Å²) in [5.41, 5.74) is 0.226. The van der Waals surface area contributed by atoms with Crippen LogP contribution in [0.3, 0.4) is 0 Å². The van der Waals surface area contributed by atoms with E-state index in [1.54, 1.807) is 0 Å². The molecule has 4 N–H and O–H groups in total. The summed E-state index contributed by atoms with van der Waals surface area (Å²) >= 11 is 0. The highest BCUT2D eigenvalue weighted by molar-refractivity contribution is 7.95. The van der Waals surface area contributed by atoms with Crippen molar-refractivity contribution in [3.05, 3.63) is 59.7 Å². The smallest absolute Gasteiger partial charge is 0.294 e. The van der Waals surface area contributed by atoms with Gasteiger partial charge in [-0.05, 0) is 37.2 Å². The zero-order valence-electron chi connectivity index (χ0n) is 20.6. The summed E-state index contributed by atoms with van der Waals surface area (Å²) < 4.78 is 98.6. The summed E-state index contributed by atoms with van der Waals surface area (Å²) in [4.78, 5) is 1.04. The van der Waals surface area contributed by atoms with Gasteiger partial charge in [0.1, 0.15) is 5.88 Å². The van der Waals surface area contributed by atoms with Gasteiger partial charge in [-0.2, -0.15) is 21.1 Å². The van der Waals surface area contributed by atoms with Gasteiger partial charge in [0, 0.05) is 30.8 Å². The van der Waals surface area contributed by atoms with Gasteiger partial charge < -0.3 is 19.7 Å². The van der Waals surface area contributed by atoms with Gasteiger partial charge in [0.2, 0.25) is 10.0 Å². The molecule has 0 saturated carbocycles. The lowest BCUT2D eigenvalue weighted by molar-refractivity contribution is -0.116. The van der Waals surface area contributed by atoms with E-state index >= 15 is 0 Å². The monoisotopic (exact) mass is 610 g/mol. The molecule has 218 valence electrons. The molecule has 0 bridgehead atoms. The first-order chi connectivity index (χ1) is 18.2. The zero-order valence-corrected chi connectivity index (χ0v) is 23.1. The number of hydrogen-bond donors (Lipinski definition) is 4. The first-order valence-electron chi connectivity index (χ1n) is 11.6. The summed E-state index contributed by atoms with van der Waals surface area (Å²) in [6.45, 7) is 1.20. The van der Waals surface area contributed by atoms with Gasteiger partial charge in [0.25, 0.3) is 20.2 Å². The Morgan fingerprint density at radius 1 is 0.821 bits per heavy atom. The minimum absolute atomic E-state index is 0.00283. The van der Waals surface area contributed by atoms with E-state index in [-0.39, 0.29) is 43.3 Å². The van der Waals surface area contributed by atoms with Crippen molar-refractivity contribution < 1.29 is 54.0 Å². The van der Waals surface area contributed by atoms with Crippen LogP contribution in [0.5, 0.6) is 0 Å². The number of benzene rings is 2. The van der Waals surface area contributed by atoms with Crippen molar-refractivity contribution in [2.75, 3.05) is 45.3 Å². The molecule has 17 heteroatoms. The molecule has 14 nitrogen and oxygen atoms in total. The molecule has 0 aliphatic carbocycles. The Hall–Kier alpha value is -2.03. The number of sulfonamides is 1.